The number of imidazole rings is 1. The van der Waals surface area contributed by atoms with Crippen molar-refractivity contribution in [3.8, 4) is 0 Å². The number of carbonyl (C=O) groups is 1. The third-order valence-electron chi connectivity index (χ3n) is 4.29. The number of H-pyrrole nitrogens is 1. The van der Waals surface area contributed by atoms with Gasteiger partial charge in [0.2, 0.25) is 0 Å². The first kappa shape index (κ1) is 15.2. The molecule has 3 heterocycles. The number of pyridine rings is 2. The first-order valence-corrected chi connectivity index (χ1v) is 8.02. The number of aromatic amines is 1. The monoisotopic (exact) mass is 328 g/mol. The Morgan fingerprint density at radius 3 is 2.64 bits per heavy atom. The maximum absolute atomic E-state index is 12.2. The van der Waals surface area contributed by atoms with Crippen LogP contribution in [0, 0.1) is 0 Å². The van der Waals surface area contributed by atoms with Crippen LogP contribution in [0.5, 0.6) is 0 Å². The highest BCUT2D eigenvalue weighted by Gasteiger charge is 2.21. The molecule has 5 nitrogen and oxygen atoms in total. The summed E-state index contributed by atoms with van der Waals surface area (Å²) in [5.74, 6) is -0.0843. The Morgan fingerprint density at radius 1 is 1.04 bits per heavy atom. The van der Waals surface area contributed by atoms with E-state index < -0.39 is 0 Å². The Labute approximate surface area is 144 Å². The van der Waals surface area contributed by atoms with Crippen molar-refractivity contribution in [3.63, 3.8) is 0 Å². The Kier molecular flexibility index (Phi) is 3.82. The van der Waals surface area contributed by atoms with Crippen molar-refractivity contribution in [2.45, 2.75) is 12.8 Å². The smallest absolute Gasteiger partial charge is 0.162 e. The molecular formula is C20H16N4O. The van der Waals surface area contributed by atoms with Crippen molar-refractivity contribution in [3.05, 3.63) is 89.9 Å². The summed E-state index contributed by atoms with van der Waals surface area (Å²) in [4.78, 5) is 28.2. The van der Waals surface area contributed by atoms with E-state index in [1.54, 1.807) is 31.8 Å². The van der Waals surface area contributed by atoms with Gasteiger partial charge in [-0.2, -0.15) is 0 Å². The molecule has 0 saturated heterocycles. The van der Waals surface area contributed by atoms with Gasteiger partial charge in [-0.15, -0.1) is 0 Å². The van der Waals surface area contributed by atoms with E-state index in [1.165, 1.54) is 0 Å². The van der Waals surface area contributed by atoms with Gasteiger partial charge in [0.1, 0.15) is 0 Å². The van der Waals surface area contributed by atoms with Gasteiger partial charge in [-0.1, -0.05) is 12.1 Å². The fourth-order valence-electron chi connectivity index (χ4n) is 3.17. The largest absolute Gasteiger partial charge is 0.348 e. The molecule has 122 valence electrons. The second-order valence-electron chi connectivity index (χ2n) is 5.93. The summed E-state index contributed by atoms with van der Waals surface area (Å²) >= 11 is 0. The lowest BCUT2D eigenvalue weighted by Crippen LogP contribution is -2.07. The second-order valence-corrected chi connectivity index (χ2v) is 5.93. The van der Waals surface area contributed by atoms with E-state index in [0.29, 0.717) is 5.56 Å². The van der Waals surface area contributed by atoms with E-state index in [2.05, 4.69) is 26.0 Å². The molecule has 5 heteroatoms. The molecule has 1 N–H and O–H groups in total. The minimum absolute atomic E-state index is 0.0000902. The molecule has 25 heavy (non-hydrogen) atoms. The minimum Gasteiger partial charge on any atom is -0.348 e. The van der Waals surface area contributed by atoms with Crippen molar-refractivity contribution in [1.82, 2.24) is 19.9 Å². The lowest BCUT2D eigenvalue weighted by molar-refractivity contribution is 0.101. The number of benzene rings is 1. The number of Topliss-reactive ketones (excluding diaryl/α,β-unsaturated/α-hetero) is 1. The Balaban J connectivity index is 1.98. The lowest BCUT2D eigenvalue weighted by Gasteiger charge is -2.18. The molecule has 4 aromatic rings. The summed E-state index contributed by atoms with van der Waals surface area (Å²) in [5, 5.41) is 0.943. The number of nitrogens with zero attached hydrogens (tertiary/aromatic N) is 3. The molecule has 0 aliphatic rings. The van der Waals surface area contributed by atoms with Crippen molar-refractivity contribution in [2.24, 2.45) is 0 Å². The van der Waals surface area contributed by atoms with E-state index in [0.717, 1.165) is 27.7 Å². The highest BCUT2D eigenvalue weighted by atomic mass is 16.1. The summed E-state index contributed by atoms with van der Waals surface area (Å²) in [6.45, 7) is 1.57. The summed E-state index contributed by atoms with van der Waals surface area (Å²) in [6, 6.07) is 11.8. The first-order chi connectivity index (χ1) is 12.2. The van der Waals surface area contributed by atoms with Gasteiger partial charge in [0.15, 0.2) is 5.78 Å². The molecular weight excluding hydrogens is 312 g/mol. The molecule has 0 aliphatic heterocycles. The maximum atomic E-state index is 12.2. The standard InChI is InChI=1S/C20H16N4O/c1-13(25)17-9-16(8-14-4-3-7-23-20(14)17)19(18-11-22-12-24-18)15-5-2-6-21-10-15/h2-12,19H,1H3,(H,22,24). The van der Waals surface area contributed by atoms with Gasteiger partial charge in [0.05, 0.1) is 17.8 Å². The highest BCUT2D eigenvalue weighted by Crippen LogP contribution is 2.33. The Hall–Kier alpha value is -3.34. The topological polar surface area (TPSA) is 71.5 Å². The van der Waals surface area contributed by atoms with Crippen molar-refractivity contribution in [1.29, 1.82) is 0 Å². The Bertz CT molecular complexity index is 1030. The predicted octanol–water partition coefficient (Wildman–Crippen LogP) is 3.74. The second kappa shape index (κ2) is 6.28. The van der Waals surface area contributed by atoms with Crippen LogP contribution in [0.25, 0.3) is 10.9 Å². The molecule has 1 unspecified atom stereocenters. The van der Waals surface area contributed by atoms with Gasteiger partial charge >= 0.3 is 0 Å². The van der Waals surface area contributed by atoms with Gasteiger partial charge in [0, 0.05) is 41.4 Å². The summed E-state index contributed by atoms with van der Waals surface area (Å²) in [6.07, 6.45) is 8.76. The number of carbonyl (C=O) groups excluding carboxylic acids is 1. The summed E-state index contributed by atoms with van der Waals surface area (Å²) in [7, 11) is 0. The van der Waals surface area contributed by atoms with Crippen LogP contribution in [0.4, 0.5) is 0 Å². The quantitative estimate of drug-likeness (QED) is 0.579. The zero-order valence-electron chi connectivity index (χ0n) is 13.7. The number of aromatic nitrogens is 4. The number of fused-ring (bicyclic) bond motifs is 1. The number of nitrogens with one attached hydrogen (secondary N) is 1. The number of ketones is 1. The number of rotatable bonds is 4. The van der Waals surface area contributed by atoms with E-state index in [4.69, 9.17) is 0 Å². The molecule has 0 bridgehead atoms. The zero-order chi connectivity index (χ0) is 17.2. The minimum atomic E-state index is -0.0843. The number of hydrogen-bond acceptors (Lipinski definition) is 4. The van der Waals surface area contributed by atoms with Crippen LogP contribution in [-0.2, 0) is 0 Å². The molecule has 0 radical (unpaired) electrons. The SMILES string of the molecule is CC(=O)c1cc(C(c2cccnc2)c2cnc[nH]2)cc2cccnc12. The highest BCUT2D eigenvalue weighted by molar-refractivity contribution is 6.05. The van der Waals surface area contributed by atoms with Crippen LogP contribution >= 0.6 is 0 Å². The molecule has 0 fully saturated rings. The van der Waals surface area contributed by atoms with Crippen LogP contribution in [0.1, 0.15) is 40.0 Å². The molecule has 1 aromatic carbocycles. The zero-order valence-corrected chi connectivity index (χ0v) is 13.7. The average Bonchev–Trinajstić information content (AvgIpc) is 3.16. The fraction of sp³-hybridized carbons (Fsp3) is 0.100. The predicted molar refractivity (Wildman–Crippen MR) is 95.5 cm³/mol. The van der Waals surface area contributed by atoms with Crippen LogP contribution in [0.2, 0.25) is 0 Å². The molecule has 1 atom stereocenters. The van der Waals surface area contributed by atoms with Crippen molar-refractivity contribution >= 4 is 16.7 Å². The van der Waals surface area contributed by atoms with Gasteiger partial charge in [-0.25, -0.2) is 4.98 Å². The molecule has 0 saturated carbocycles. The van der Waals surface area contributed by atoms with Crippen LogP contribution in [0.15, 0.2) is 67.5 Å². The van der Waals surface area contributed by atoms with Gasteiger partial charge in [-0.05, 0) is 42.3 Å². The third kappa shape index (κ3) is 2.80. The van der Waals surface area contributed by atoms with E-state index in [9.17, 15) is 4.79 Å². The molecule has 0 aliphatic carbocycles. The molecule has 0 spiro atoms. The normalized spacial score (nSPS) is 12.2. The van der Waals surface area contributed by atoms with E-state index in [1.807, 2.05) is 36.5 Å². The van der Waals surface area contributed by atoms with Crippen LogP contribution in [-0.4, -0.2) is 25.7 Å². The summed E-state index contributed by atoms with van der Waals surface area (Å²) < 4.78 is 0. The van der Waals surface area contributed by atoms with E-state index >= 15 is 0 Å². The molecule has 0 amide bonds. The number of hydrogen-bond donors (Lipinski definition) is 1. The molecule has 4 rings (SSSR count). The Morgan fingerprint density at radius 2 is 1.92 bits per heavy atom. The summed E-state index contributed by atoms with van der Waals surface area (Å²) in [5.41, 5.74) is 4.34. The molecule has 3 aromatic heterocycles. The van der Waals surface area contributed by atoms with Crippen molar-refractivity contribution < 1.29 is 4.79 Å². The van der Waals surface area contributed by atoms with Gasteiger partial charge < -0.3 is 4.98 Å². The van der Waals surface area contributed by atoms with Crippen molar-refractivity contribution in [2.75, 3.05) is 0 Å². The average molecular weight is 328 g/mol. The first-order valence-electron chi connectivity index (χ1n) is 8.02. The third-order valence-corrected chi connectivity index (χ3v) is 4.29. The van der Waals surface area contributed by atoms with Gasteiger partial charge in [-0.3, -0.25) is 14.8 Å². The van der Waals surface area contributed by atoms with E-state index in [-0.39, 0.29) is 11.7 Å². The van der Waals surface area contributed by atoms with Crippen LogP contribution in [0.3, 0.4) is 0 Å². The maximum Gasteiger partial charge on any atom is 0.162 e. The van der Waals surface area contributed by atoms with Crippen LogP contribution < -0.4 is 0 Å². The lowest BCUT2D eigenvalue weighted by atomic mass is 9.87. The fourth-order valence-corrected chi connectivity index (χ4v) is 3.17. The van der Waals surface area contributed by atoms with Gasteiger partial charge in [0.25, 0.3) is 0 Å².